The highest BCUT2D eigenvalue weighted by Gasteiger charge is 2.26. The highest BCUT2D eigenvalue weighted by atomic mass is 16.3. The van der Waals surface area contributed by atoms with Crippen LogP contribution >= 0.6 is 0 Å². The van der Waals surface area contributed by atoms with E-state index in [-0.39, 0.29) is 0 Å². The second-order valence-corrected chi connectivity index (χ2v) is 6.85. The number of nitrogens with zero attached hydrogens (tertiary/aromatic N) is 5. The first-order valence-corrected chi connectivity index (χ1v) is 8.94. The minimum absolute atomic E-state index is 0.437. The Morgan fingerprint density at radius 2 is 2.00 bits per heavy atom. The summed E-state index contributed by atoms with van der Waals surface area (Å²) < 4.78 is 9.60. The van der Waals surface area contributed by atoms with E-state index in [1.807, 2.05) is 6.07 Å². The van der Waals surface area contributed by atoms with Crippen LogP contribution in [0.1, 0.15) is 50.4 Å². The molecule has 124 valence electrons. The Kier molecular flexibility index (Phi) is 3.28. The lowest BCUT2D eigenvalue weighted by molar-refractivity contribution is 0.471. The van der Waals surface area contributed by atoms with Crippen LogP contribution in [0.15, 0.2) is 29.2 Å². The normalized spacial score (nSPS) is 18.2. The fourth-order valence-corrected chi connectivity index (χ4v) is 3.94. The van der Waals surface area contributed by atoms with E-state index in [9.17, 15) is 0 Å². The summed E-state index contributed by atoms with van der Waals surface area (Å²) in [6.07, 6.45) is 13.9. The molecular weight excluding hydrogens is 302 g/mol. The number of hydrogen-bond acceptors (Lipinski definition) is 4. The molecule has 0 unspecified atom stereocenters. The molecule has 0 atom stereocenters. The molecule has 0 aromatic carbocycles. The lowest BCUT2D eigenvalue weighted by Gasteiger charge is -2.11. The standard InChI is InChI=1S/C18H21N5O/c1-2-6-14(5-1)23-18(20-17(21-23)13-8-10-24-12-13)15-11-22-9-4-3-7-16(22)19-15/h8,10-12,14H,1-7,9H2. The Balaban J connectivity index is 1.61. The molecule has 0 bridgehead atoms. The summed E-state index contributed by atoms with van der Waals surface area (Å²) in [5, 5.41) is 4.81. The van der Waals surface area contributed by atoms with Gasteiger partial charge in [-0.2, -0.15) is 0 Å². The number of fused-ring (bicyclic) bond motifs is 1. The van der Waals surface area contributed by atoms with Crippen LogP contribution in [0.25, 0.3) is 22.9 Å². The molecule has 1 fully saturated rings. The molecule has 1 aliphatic heterocycles. The van der Waals surface area contributed by atoms with Gasteiger partial charge in [-0.25, -0.2) is 14.6 Å². The molecule has 0 radical (unpaired) electrons. The molecule has 0 N–H and O–H groups in total. The first-order valence-electron chi connectivity index (χ1n) is 8.94. The van der Waals surface area contributed by atoms with Gasteiger partial charge in [0.15, 0.2) is 11.6 Å². The number of aromatic nitrogens is 5. The van der Waals surface area contributed by atoms with Gasteiger partial charge >= 0.3 is 0 Å². The van der Waals surface area contributed by atoms with Gasteiger partial charge in [0, 0.05) is 19.2 Å². The number of aryl methyl sites for hydroxylation is 2. The summed E-state index contributed by atoms with van der Waals surface area (Å²) in [7, 11) is 0. The van der Waals surface area contributed by atoms with E-state index in [2.05, 4.69) is 15.4 Å². The van der Waals surface area contributed by atoms with E-state index < -0.39 is 0 Å². The van der Waals surface area contributed by atoms with Crippen molar-refractivity contribution in [2.45, 2.75) is 57.5 Å². The predicted molar refractivity (Wildman–Crippen MR) is 89.4 cm³/mol. The molecule has 24 heavy (non-hydrogen) atoms. The van der Waals surface area contributed by atoms with Gasteiger partial charge in [0.2, 0.25) is 0 Å². The number of hydrogen-bond donors (Lipinski definition) is 0. The van der Waals surface area contributed by atoms with Crippen LogP contribution in [0.4, 0.5) is 0 Å². The second-order valence-electron chi connectivity index (χ2n) is 6.85. The number of rotatable bonds is 3. The second kappa shape index (κ2) is 5.61. The summed E-state index contributed by atoms with van der Waals surface area (Å²) in [4.78, 5) is 9.69. The van der Waals surface area contributed by atoms with Crippen molar-refractivity contribution in [1.82, 2.24) is 24.3 Å². The molecule has 4 heterocycles. The Morgan fingerprint density at radius 3 is 2.79 bits per heavy atom. The zero-order valence-corrected chi connectivity index (χ0v) is 13.7. The van der Waals surface area contributed by atoms with Gasteiger partial charge in [-0.15, -0.1) is 5.10 Å². The van der Waals surface area contributed by atoms with Crippen LogP contribution in [0, 0.1) is 0 Å². The first-order chi connectivity index (χ1) is 11.9. The number of imidazole rings is 1. The summed E-state index contributed by atoms with van der Waals surface area (Å²) in [5.74, 6) is 2.82. The maximum Gasteiger partial charge on any atom is 0.185 e. The lowest BCUT2D eigenvalue weighted by Crippen LogP contribution is -2.09. The average Bonchev–Trinajstić information content (AvgIpc) is 3.40. The van der Waals surface area contributed by atoms with Gasteiger partial charge in [-0.3, -0.25) is 0 Å². The molecular formula is C18H21N5O. The van der Waals surface area contributed by atoms with Crippen LogP contribution in [0.2, 0.25) is 0 Å². The number of furan rings is 1. The summed E-state index contributed by atoms with van der Waals surface area (Å²) in [6, 6.07) is 2.35. The smallest absolute Gasteiger partial charge is 0.185 e. The predicted octanol–water partition coefficient (Wildman–Crippen LogP) is 3.85. The molecule has 6 nitrogen and oxygen atoms in total. The SMILES string of the molecule is c1cc(-c2nc(-c3cn4c(n3)CCCC4)n(C3CCCC3)n2)co1. The molecule has 0 spiro atoms. The monoisotopic (exact) mass is 323 g/mol. The minimum atomic E-state index is 0.437. The highest BCUT2D eigenvalue weighted by molar-refractivity contribution is 5.58. The summed E-state index contributed by atoms with van der Waals surface area (Å²) in [5.41, 5.74) is 1.89. The van der Waals surface area contributed by atoms with E-state index in [0.29, 0.717) is 6.04 Å². The molecule has 3 aromatic rings. The molecule has 5 rings (SSSR count). The maximum absolute atomic E-state index is 5.21. The van der Waals surface area contributed by atoms with E-state index in [1.54, 1.807) is 12.5 Å². The van der Waals surface area contributed by atoms with Crippen molar-refractivity contribution in [3.63, 3.8) is 0 Å². The minimum Gasteiger partial charge on any atom is -0.472 e. The third-order valence-corrected chi connectivity index (χ3v) is 5.22. The lowest BCUT2D eigenvalue weighted by atomic mass is 10.2. The van der Waals surface area contributed by atoms with Gasteiger partial charge in [-0.05, 0) is 31.7 Å². The van der Waals surface area contributed by atoms with E-state index in [0.717, 1.165) is 35.9 Å². The van der Waals surface area contributed by atoms with Gasteiger partial charge in [0.1, 0.15) is 17.8 Å². The first kappa shape index (κ1) is 14.0. The highest BCUT2D eigenvalue weighted by Crippen LogP contribution is 2.34. The van der Waals surface area contributed by atoms with Crippen molar-refractivity contribution in [3.8, 4) is 22.9 Å². The van der Waals surface area contributed by atoms with Crippen molar-refractivity contribution >= 4 is 0 Å². The van der Waals surface area contributed by atoms with Crippen molar-refractivity contribution in [1.29, 1.82) is 0 Å². The zero-order valence-electron chi connectivity index (χ0n) is 13.7. The van der Waals surface area contributed by atoms with E-state index in [1.165, 1.54) is 44.3 Å². The summed E-state index contributed by atoms with van der Waals surface area (Å²) in [6.45, 7) is 1.06. The Bertz CT molecular complexity index is 816. The van der Waals surface area contributed by atoms with Gasteiger partial charge in [0.05, 0.1) is 17.9 Å². The Labute approximate surface area is 140 Å². The van der Waals surface area contributed by atoms with Crippen molar-refractivity contribution in [3.05, 3.63) is 30.6 Å². The van der Waals surface area contributed by atoms with Gasteiger partial charge in [0.25, 0.3) is 0 Å². The Hall–Kier alpha value is -2.37. The van der Waals surface area contributed by atoms with Gasteiger partial charge in [-0.1, -0.05) is 12.8 Å². The average molecular weight is 323 g/mol. The van der Waals surface area contributed by atoms with Crippen molar-refractivity contribution in [2.24, 2.45) is 0 Å². The van der Waals surface area contributed by atoms with Crippen LogP contribution < -0.4 is 0 Å². The maximum atomic E-state index is 5.21. The molecule has 3 aromatic heterocycles. The van der Waals surface area contributed by atoms with Crippen LogP contribution in [0.5, 0.6) is 0 Å². The van der Waals surface area contributed by atoms with Crippen molar-refractivity contribution < 1.29 is 4.42 Å². The third-order valence-electron chi connectivity index (χ3n) is 5.22. The van der Waals surface area contributed by atoms with Gasteiger partial charge < -0.3 is 8.98 Å². The molecule has 1 saturated carbocycles. The molecule has 1 aliphatic carbocycles. The Morgan fingerprint density at radius 1 is 1.08 bits per heavy atom. The third kappa shape index (κ3) is 2.28. The van der Waals surface area contributed by atoms with Crippen molar-refractivity contribution in [2.75, 3.05) is 0 Å². The molecule has 2 aliphatic rings. The topological polar surface area (TPSA) is 61.7 Å². The van der Waals surface area contributed by atoms with Crippen LogP contribution in [-0.4, -0.2) is 24.3 Å². The van der Waals surface area contributed by atoms with Crippen LogP contribution in [-0.2, 0) is 13.0 Å². The fraction of sp³-hybridized carbons (Fsp3) is 0.500. The quantitative estimate of drug-likeness (QED) is 0.734. The fourth-order valence-electron chi connectivity index (χ4n) is 3.94. The molecule has 6 heteroatoms. The largest absolute Gasteiger partial charge is 0.472 e. The van der Waals surface area contributed by atoms with E-state index in [4.69, 9.17) is 19.5 Å². The zero-order chi connectivity index (χ0) is 15.9. The van der Waals surface area contributed by atoms with E-state index >= 15 is 0 Å². The molecule has 0 amide bonds. The molecule has 0 saturated heterocycles. The van der Waals surface area contributed by atoms with Crippen LogP contribution in [0.3, 0.4) is 0 Å². The summed E-state index contributed by atoms with van der Waals surface area (Å²) >= 11 is 0.